The van der Waals surface area contributed by atoms with Crippen molar-refractivity contribution in [1.29, 1.82) is 0 Å². The van der Waals surface area contributed by atoms with Gasteiger partial charge in [0.05, 0.1) is 20.2 Å². The summed E-state index contributed by atoms with van der Waals surface area (Å²) in [6.07, 6.45) is -5.74. The Labute approximate surface area is 219 Å². The van der Waals surface area contributed by atoms with E-state index in [9.17, 15) is 36.6 Å². The average molecular weight is 553 g/mol. The molecule has 8 nitrogen and oxygen atoms in total. The normalized spacial score (nSPS) is 17.3. The van der Waals surface area contributed by atoms with Crippen LogP contribution in [0.25, 0.3) is 0 Å². The van der Waals surface area contributed by atoms with E-state index in [0.717, 1.165) is 12.1 Å². The van der Waals surface area contributed by atoms with Gasteiger partial charge in [0.1, 0.15) is 29.0 Å². The fourth-order valence-electron chi connectivity index (χ4n) is 4.43. The first-order valence-electron chi connectivity index (χ1n) is 11.9. The Bertz CT molecular complexity index is 1390. The van der Waals surface area contributed by atoms with E-state index < -0.39 is 47.0 Å². The van der Waals surface area contributed by atoms with Gasteiger partial charge in [0.25, 0.3) is 5.56 Å². The highest BCUT2D eigenvalue weighted by Gasteiger charge is 2.39. The summed E-state index contributed by atoms with van der Waals surface area (Å²) < 4.78 is 80.1. The molecule has 0 radical (unpaired) electrons. The molecule has 0 saturated carbocycles. The average Bonchev–Trinajstić information content (AvgIpc) is 3.28. The molecular weight excluding hydrogens is 529 g/mol. The molecule has 2 heterocycles. The molecule has 0 aliphatic carbocycles. The molecule has 2 atom stereocenters. The van der Waals surface area contributed by atoms with E-state index in [2.05, 4.69) is 5.10 Å². The van der Waals surface area contributed by atoms with E-state index in [1.54, 1.807) is 24.3 Å². The van der Waals surface area contributed by atoms with E-state index in [0.29, 0.717) is 22.1 Å². The van der Waals surface area contributed by atoms with Crippen LogP contribution in [0.15, 0.2) is 53.3 Å². The monoisotopic (exact) mass is 553 g/mol. The molecule has 4 rings (SSSR count). The maximum Gasteiger partial charge on any atom is 0.421 e. The highest BCUT2D eigenvalue weighted by atomic mass is 19.4. The van der Waals surface area contributed by atoms with Gasteiger partial charge in [-0.05, 0) is 36.2 Å². The molecule has 39 heavy (non-hydrogen) atoms. The number of aromatic nitrogens is 2. The standard InChI is InChI=1S/C26H24F5N3O5/c1-38-17-5-2-15(3-6-17)13-34-25(37)20(26(29,30)31)12-23(32-34)33-14-19(10-16(33)4-9-24(35)36)39-18-7-8-21(27)22(28)11-18/h2-3,5-8,11-12,16,19H,4,9-10,13-14H2,1H3,(H,35,36)/t16-,19+/m1/s1. The number of carboxylic acid groups (broad SMARTS) is 1. The number of anilines is 1. The molecule has 2 aromatic carbocycles. The van der Waals surface area contributed by atoms with Gasteiger partial charge in [-0.25, -0.2) is 13.5 Å². The summed E-state index contributed by atoms with van der Waals surface area (Å²) in [6, 6.07) is 9.33. The Morgan fingerprint density at radius 2 is 1.77 bits per heavy atom. The third-order valence-corrected chi connectivity index (χ3v) is 6.31. The van der Waals surface area contributed by atoms with Crippen molar-refractivity contribution < 1.29 is 41.3 Å². The molecule has 0 bridgehead atoms. The second-order valence-corrected chi connectivity index (χ2v) is 9.01. The number of carboxylic acids is 1. The van der Waals surface area contributed by atoms with Crippen LogP contribution >= 0.6 is 0 Å². The summed E-state index contributed by atoms with van der Waals surface area (Å²) in [5.74, 6) is -2.97. The molecule has 1 N–H and O–H groups in total. The first-order valence-corrected chi connectivity index (χ1v) is 11.9. The van der Waals surface area contributed by atoms with E-state index >= 15 is 0 Å². The van der Waals surface area contributed by atoms with Gasteiger partial charge in [0.2, 0.25) is 0 Å². The third-order valence-electron chi connectivity index (χ3n) is 6.31. The van der Waals surface area contributed by atoms with Crippen molar-refractivity contribution >= 4 is 11.8 Å². The summed E-state index contributed by atoms with van der Waals surface area (Å²) in [6.45, 7) is -0.295. The molecule has 208 valence electrons. The van der Waals surface area contributed by atoms with Crippen LogP contribution in [-0.2, 0) is 17.5 Å². The molecule has 13 heteroatoms. The minimum atomic E-state index is -4.98. The quantitative estimate of drug-likeness (QED) is 0.391. The van der Waals surface area contributed by atoms with E-state index in [-0.39, 0.29) is 43.9 Å². The van der Waals surface area contributed by atoms with Crippen LogP contribution in [0.2, 0.25) is 0 Å². The second-order valence-electron chi connectivity index (χ2n) is 9.01. The smallest absolute Gasteiger partial charge is 0.421 e. The number of carbonyl (C=O) groups is 1. The molecule has 1 saturated heterocycles. The van der Waals surface area contributed by atoms with Gasteiger partial charge in [0, 0.05) is 31.0 Å². The highest BCUT2D eigenvalue weighted by molar-refractivity contribution is 5.66. The van der Waals surface area contributed by atoms with Gasteiger partial charge < -0.3 is 19.5 Å². The van der Waals surface area contributed by atoms with Crippen molar-refractivity contribution in [2.24, 2.45) is 0 Å². The molecule has 3 aromatic rings. The lowest BCUT2D eigenvalue weighted by Gasteiger charge is -2.26. The largest absolute Gasteiger partial charge is 0.497 e. The molecule has 1 aliphatic heterocycles. The molecule has 1 aromatic heterocycles. The number of ether oxygens (including phenoxy) is 2. The topological polar surface area (TPSA) is 93.9 Å². The van der Waals surface area contributed by atoms with Gasteiger partial charge >= 0.3 is 12.1 Å². The van der Waals surface area contributed by atoms with E-state index in [4.69, 9.17) is 9.47 Å². The predicted octanol–water partition coefficient (Wildman–Crippen LogP) is 4.49. The zero-order chi connectivity index (χ0) is 28.3. The Hall–Kier alpha value is -4.16. The summed E-state index contributed by atoms with van der Waals surface area (Å²) in [5.41, 5.74) is -2.26. The number of methoxy groups -OCH3 is 1. The fraction of sp³-hybridized carbons (Fsp3) is 0.346. The number of hydrogen-bond donors (Lipinski definition) is 1. The van der Waals surface area contributed by atoms with E-state index in [1.807, 2.05) is 0 Å². The van der Waals surface area contributed by atoms with Crippen molar-refractivity contribution in [2.75, 3.05) is 18.6 Å². The number of aliphatic carboxylic acids is 1. The van der Waals surface area contributed by atoms with Crippen LogP contribution < -0.4 is 19.9 Å². The summed E-state index contributed by atoms with van der Waals surface area (Å²) in [7, 11) is 1.46. The van der Waals surface area contributed by atoms with Gasteiger partial charge in [0.15, 0.2) is 11.6 Å². The maximum atomic E-state index is 13.9. The number of benzene rings is 2. The summed E-state index contributed by atoms with van der Waals surface area (Å²) >= 11 is 0. The van der Waals surface area contributed by atoms with Crippen LogP contribution in [0.5, 0.6) is 11.5 Å². The van der Waals surface area contributed by atoms with Gasteiger partial charge in [-0.1, -0.05) is 12.1 Å². The Morgan fingerprint density at radius 3 is 2.38 bits per heavy atom. The molecule has 1 aliphatic rings. The molecule has 0 unspecified atom stereocenters. The summed E-state index contributed by atoms with van der Waals surface area (Å²) in [4.78, 5) is 25.4. The maximum absolute atomic E-state index is 13.9. The number of nitrogens with zero attached hydrogens (tertiary/aromatic N) is 3. The van der Waals surface area contributed by atoms with Crippen molar-refractivity contribution in [2.45, 2.75) is 44.1 Å². The first kappa shape index (κ1) is 27.9. The summed E-state index contributed by atoms with van der Waals surface area (Å²) in [5, 5.41) is 13.4. The molecule has 0 spiro atoms. The van der Waals surface area contributed by atoms with Gasteiger partial charge in [-0.2, -0.15) is 18.3 Å². The van der Waals surface area contributed by atoms with Crippen LogP contribution in [0.4, 0.5) is 27.8 Å². The number of rotatable bonds is 9. The number of hydrogen-bond acceptors (Lipinski definition) is 6. The zero-order valence-corrected chi connectivity index (χ0v) is 20.6. The minimum absolute atomic E-state index is 0.00569. The highest BCUT2D eigenvalue weighted by Crippen LogP contribution is 2.33. The van der Waals surface area contributed by atoms with Gasteiger partial charge in [-0.15, -0.1) is 0 Å². The molecule has 1 fully saturated rings. The molecular formula is C26H24F5N3O5. The number of alkyl halides is 3. The Balaban J connectivity index is 1.69. The van der Waals surface area contributed by atoms with Crippen LogP contribution in [-0.4, -0.2) is 46.7 Å². The predicted molar refractivity (Wildman–Crippen MR) is 129 cm³/mol. The Morgan fingerprint density at radius 1 is 1.08 bits per heavy atom. The zero-order valence-electron chi connectivity index (χ0n) is 20.6. The van der Waals surface area contributed by atoms with Crippen LogP contribution in [0.3, 0.4) is 0 Å². The lowest BCUT2D eigenvalue weighted by Crippen LogP contribution is -2.37. The lowest BCUT2D eigenvalue weighted by molar-refractivity contribution is -0.139. The first-order chi connectivity index (χ1) is 18.4. The second kappa shape index (κ2) is 11.3. The van der Waals surface area contributed by atoms with Crippen LogP contribution in [0.1, 0.15) is 30.4 Å². The lowest BCUT2D eigenvalue weighted by atomic mass is 10.1. The van der Waals surface area contributed by atoms with Crippen molar-refractivity contribution in [3.05, 3.63) is 81.6 Å². The third kappa shape index (κ3) is 6.65. The number of halogens is 5. The van der Waals surface area contributed by atoms with Crippen LogP contribution in [0, 0.1) is 11.6 Å². The van der Waals surface area contributed by atoms with Crippen molar-refractivity contribution in [3.63, 3.8) is 0 Å². The SMILES string of the molecule is COc1ccc(Cn2nc(N3C[C@@H](Oc4ccc(F)c(F)c4)C[C@H]3CCC(=O)O)cc(C(F)(F)F)c2=O)cc1. The Kier molecular flexibility index (Phi) is 8.07. The van der Waals surface area contributed by atoms with E-state index in [1.165, 1.54) is 18.1 Å². The molecule has 0 amide bonds. The van der Waals surface area contributed by atoms with Gasteiger partial charge in [-0.3, -0.25) is 9.59 Å². The van der Waals surface area contributed by atoms with Crippen molar-refractivity contribution in [1.82, 2.24) is 9.78 Å². The fourth-order valence-corrected chi connectivity index (χ4v) is 4.43. The minimum Gasteiger partial charge on any atom is -0.497 e. The van der Waals surface area contributed by atoms with Crippen molar-refractivity contribution in [3.8, 4) is 11.5 Å².